The molecule has 2 rings (SSSR count). The lowest BCUT2D eigenvalue weighted by Gasteiger charge is -2.22. The molecule has 0 saturated carbocycles. The Hall–Kier alpha value is -1.61. The second-order valence-electron chi connectivity index (χ2n) is 4.79. The summed E-state index contributed by atoms with van der Waals surface area (Å²) in [5, 5.41) is 3.27. The van der Waals surface area contributed by atoms with Crippen LogP contribution in [0.3, 0.4) is 0 Å². The maximum atomic E-state index is 12.0. The minimum Gasteiger partial charge on any atom is -0.338 e. The summed E-state index contributed by atoms with van der Waals surface area (Å²) in [6.07, 6.45) is 4.61. The molecule has 0 aromatic heterocycles. The molecule has 1 unspecified atom stereocenters. The van der Waals surface area contributed by atoms with Gasteiger partial charge in [-0.3, -0.25) is 4.79 Å². The van der Waals surface area contributed by atoms with Crippen LogP contribution in [0.1, 0.15) is 17.5 Å². The molecule has 0 bridgehead atoms. The molecule has 1 aromatic rings. The average molecular weight is 244 g/mol. The summed E-state index contributed by atoms with van der Waals surface area (Å²) in [5.41, 5.74) is 2.29. The van der Waals surface area contributed by atoms with Crippen LogP contribution in [0, 0.1) is 6.92 Å². The SMILES string of the molecule is Cc1ccccc1/C=C/C(=O)N(C)C1CCNC1. The predicted octanol–water partition coefficient (Wildman–Crippen LogP) is 1.83. The Bertz CT molecular complexity index is 448. The first-order valence-corrected chi connectivity index (χ1v) is 6.39. The van der Waals surface area contributed by atoms with Gasteiger partial charge in [0.25, 0.3) is 0 Å². The van der Waals surface area contributed by atoms with Crippen molar-refractivity contribution in [2.45, 2.75) is 19.4 Å². The van der Waals surface area contributed by atoms with Crippen LogP contribution in [0.4, 0.5) is 0 Å². The van der Waals surface area contributed by atoms with Crippen LogP contribution < -0.4 is 5.32 Å². The lowest BCUT2D eigenvalue weighted by molar-refractivity contribution is -0.126. The maximum Gasteiger partial charge on any atom is 0.246 e. The van der Waals surface area contributed by atoms with E-state index < -0.39 is 0 Å². The number of rotatable bonds is 3. The minimum atomic E-state index is 0.0759. The summed E-state index contributed by atoms with van der Waals surface area (Å²) >= 11 is 0. The van der Waals surface area contributed by atoms with Crippen molar-refractivity contribution in [1.29, 1.82) is 0 Å². The molecule has 3 nitrogen and oxygen atoms in total. The van der Waals surface area contributed by atoms with Gasteiger partial charge in [0.1, 0.15) is 0 Å². The van der Waals surface area contributed by atoms with Crippen LogP contribution in [0.25, 0.3) is 6.08 Å². The van der Waals surface area contributed by atoms with E-state index >= 15 is 0 Å². The second-order valence-corrected chi connectivity index (χ2v) is 4.79. The maximum absolute atomic E-state index is 12.0. The summed E-state index contributed by atoms with van der Waals surface area (Å²) in [7, 11) is 1.88. The van der Waals surface area contributed by atoms with Gasteiger partial charge < -0.3 is 10.2 Å². The van der Waals surface area contributed by atoms with Gasteiger partial charge >= 0.3 is 0 Å². The molecule has 1 aliphatic rings. The summed E-state index contributed by atoms with van der Waals surface area (Å²) in [6.45, 7) is 3.96. The van der Waals surface area contributed by atoms with Crippen molar-refractivity contribution in [3.8, 4) is 0 Å². The van der Waals surface area contributed by atoms with Gasteiger partial charge in [0.2, 0.25) is 5.91 Å². The molecule has 3 heteroatoms. The topological polar surface area (TPSA) is 32.3 Å². The summed E-state index contributed by atoms with van der Waals surface area (Å²) in [6, 6.07) is 8.40. The average Bonchev–Trinajstić information content (AvgIpc) is 2.90. The van der Waals surface area contributed by atoms with Crippen LogP contribution in [-0.2, 0) is 4.79 Å². The Morgan fingerprint density at radius 3 is 2.89 bits per heavy atom. The second kappa shape index (κ2) is 5.83. The summed E-state index contributed by atoms with van der Waals surface area (Å²) < 4.78 is 0. The lowest BCUT2D eigenvalue weighted by atomic mass is 10.1. The molecular weight excluding hydrogens is 224 g/mol. The zero-order chi connectivity index (χ0) is 13.0. The van der Waals surface area contributed by atoms with Gasteiger partial charge in [-0.2, -0.15) is 0 Å². The zero-order valence-electron chi connectivity index (χ0n) is 11.0. The van der Waals surface area contributed by atoms with Crippen molar-refractivity contribution in [3.63, 3.8) is 0 Å². The Kier molecular flexibility index (Phi) is 4.15. The fourth-order valence-corrected chi connectivity index (χ4v) is 2.20. The molecule has 1 N–H and O–H groups in total. The van der Waals surface area contributed by atoms with E-state index in [-0.39, 0.29) is 5.91 Å². The predicted molar refractivity (Wildman–Crippen MR) is 74.3 cm³/mol. The number of hydrogen-bond acceptors (Lipinski definition) is 2. The van der Waals surface area contributed by atoms with Crippen LogP contribution in [0.5, 0.6) is 0 Å². The number of benzene rings is 1. The molecule has 96 valence electrons. The van der Waals surface area contributed by atoms with Gasteiger partial charge in [0.05, 0.1) is 0 Å². The highest BCUT2D eigenvalue weighted by Gasteiger charge is 2.21. The first-order valence-electron chi connectivity index (χ1n) is 6.39. The van der Waals surface area contributed by atoms with Gasteiger partial charge in [0, 0.05) is 25.7 Å². The molecule has 1 fully saturated rings. The highest BCUT2D eigenvalue weighted by atomic mass is 16.2. The van der Waals surface area contributed by atoms with Crippen molar-refractivity contribution in [1.82, 2.24) is 10.2 Å². The Morgan fingerprint density at radius 2 is 2.22 bits per heavy atom. The standard InChI is InChI=1S/C15H20N2O/c1-12-5-3-4-6-13(12)7-8-15(18)17(2)14-9-10-16-11-14/h3-8,14,16H,9-11H2,1-2H3/b8-7+. The van der Waals surface area contributed by atoms with E-state index in [0.717, 1.165) is 25.1 Å². The van der Waals surface area contributed by atoms with E-state index in [4.69, 9.17) is 0 Å². The monoisotopic (exact) mass is 244 g/mol. The van der Waals surface area contributed by atoms with Crippen LogP contribution >= 0.6 is 0 Å². The number of aryl methyl sites for hydroxylation is 1. The van der Waals surface area contributed by atoms with Gasteiger partial charge in [-0.15, -0.1) is 0 Å². The molecule has 1 saturated heterocycles. The van der Waals surface area contributed by atoms with Crippen molar-refractivity contribution in [2.24, 2.45) is 0 Å². The van der Waals surface area contributed by atoms with E-state index in [1.807, 2.05) is 36.2 Å². The quantitative estimate of drug-likeness (QED) is 0.823. The zero-order valence-corrected chi connectivity index (χ0v) is 11.0. The number of carbonyl (C=O) groups excluding carboxylic acids is 1. The molecule has 1 aliphatic heterocycles. The molecule has 0 aliphatic carbocycles. The lowest BCUT2D eigenvalue weighted by Crippen LogP contribution is -2.37. The number of nitrogens with zero attached hydrogens (tertiary/aromatic N) is 1. The van der Waals surface area contributed by atoms with Gasteiger partial charge in [-0.1, -0.05) is 24.3 Å². The molecule has 0 spiro atoms. The Balaban J connectivity index is 2.00. The highest BCUT2D eigenvalue weighted by molar-refractivity contribution is 5.92. The molecule has 1 heterocycles. The summed E-state index contributed by atoms with van der Waals surface area (Å²) in [5.74, 6) is 0.0759. The first kappa shape index (κ1) is 12.8. The van der Waals surface area contributed by atoms with Crippen LogP contribution in [0.2, 0.25) is 0 Å². The number of nitrogens with one attached hydrogen (secondary N) is 1. The molecule has 1 amide bonds. The van der Waals surface area contributed by atoms with Crippen molar-refractivity contribution >= 4 is 12.0 Å². The smallest absolute Gasteiger partial charge is 0.246 e. The van der Waals surface area contributed by atoms with Crippen LogP contribution in [-0.4, -0.2) is 37.0 Å². The highest BCUT2D eigenvalue weighted by Crippen LogP contribution is 2.11. The molecule has 18 heavy (non-hydrogen) atoms. The largest absolute Gasteiger partial charge is 0.338 e. The third-order valence-corrected chi connectivity index (χ3v) is 3.52. The molecule has 1 atom stereocenters. The third kappa shape index (κ3) is 2.99. The number of hydrogen-bond donors (Lipinski definition) is 1. The number of amides is 1. The summed E-state index contributed by atoms with van der Waals surface area (Å²) in [4.78, 5) is 13.9. The van der Waals surface area contributed by atoms with Gasteiger partial charge in [-0.25, -0.2) is 0 Å². The van der Waals surface area contributed by atoms with E-state index in [2.05, 4.69) is 18.3 Å². The van der Waals surface area contributed by atoms with Crippen molar-refractivity contribution < 1.29 is 4.79 Å². The number of carbonyl (C=O) groups is 1. The van der Waals surface area contributed by atoms with Gasteiger partial charge in [-0.05, 0) is 37.1 Å². The minimum absolute atomic E-state index is 0.0759. The van der Waals surface area contributed by atoms with Crippen LogP contribution in [0.15, 0.2) is 30.3 Å². The van der Waals surface area contributed by atoms with E-state index in [1.54, 1.807) is 6.08 Å². The third-order valence-electron chi connectivity index (χ3n) is 3.52. The van der Waals surface area contributed by atoms with Gasteiger partial charge in [0.15, 0.2) is 0 Å². The molecular formula is C15H20N2O. The van der Waals surface area contributed by atoms with E-state index in [9.17, 15) is 4.79 Å². The van der Waals surface area contributed by atoms with E-state index in [1.165, 1.54) is 5.56 Å². The molecule has 1 aromatic carbocycles. The fourth-order valence-electron chi connectivity index (χ4n) is 2.20. The fraction of sp³-hybridized carbons (Fsp3) is 0.400. The first-order chi connectivity index (χ1) is 8.68. The van der Waals surface area contributed by atoms with Crippen molar-refractivity contribution in [3.05, 3.63) is 41.5 Å². The van der Waals surface area contributed by atoms with E-state index in [0.29, 0.717) is 6.04 Å². The molecule has 0 radical (unpaired) electrons. The Morgan fingerprint density at radius 1 is 1.44 bits per heavy atom. The normalized spacial score (nSPS) is 19.3. The Labute approximate surface area is 108 Å². The van der Waals surface area contributed by atoms with Crippen molar-refractivity contribution in [2.75, 3.05) is 20.1 Å². The number of likely N-dealkylation sites (N-methyl/N-ethyl adjacent to an activating group) is 1.